The second-order valence-corrected chi connectivity index (χ2v) is 12.3. The van der Waals surface area contributed by atoms with E-state index >= 15 is 4.39 Å². The van der Waals surface area contributed by atoms with Crippen molar-refractivity contribution >= 4 is 35.3 Å². The molecular weight excluding hydrogens is 505 g/mol. The van der Waals surface area contributed by atoms with E-state index in [9.17, 15) is 14.2 Å². The largest absolute Gasteiger partial charge is 0.324 e. The van der Waals surface area contributed by atoms with Crippen LogP contribution in [0.3, 0.4) is 0 Å². The molecule has 0 bridgehead atoms. The lowest BCUT2D eigenvalue weighted by atomic mass is 9.96. The summed E-state index contributed by atoms with van der Waals surface area (Å²) < 4.78 is 41.0. The minimum Gasteiger partial charge on any atom is -0.324 e. The molecule has 3 aromatic heterocycles. The predicted molar refractivity (Wildman–Crippen MR) is 136 cm³/mol. The average Bonchev–Trinajstić information content (AvgIpc) is 2.83. The molecule has 0 fully saturated rings. The van der Waals surface area contributed by atoms with E-state index in [4.69, 9.17) is 17.3 Å². The summed E-state index contributed by atoms with van der Waals surface area (Å²) in [4.78, 5) is 17.1. The summed E-state index contributed by atoms with van der Waals surface area (Å²) in [5, 5.41) is 9.63. The first-order chi connectivity index (χ1) is 17.0. The summed E-state index contributed by atoms with van der Waals surface area (Å²) in [5.74, 6) is -1.08. The van der Waals surface area contributed by atoms with Gasteiger partial charge in [-0.2, -0.15) is 5.26 Å². The third-order valence-electron chi connectivity index (χ3n) is 5.73. The summed E-state index contributed by atoms with van der Waals surface area (Å²) in [6.45, 7) is 4.78. The van der Waals surface area contributed by atoms with Crippen molar-refractivity contribution in [2.75, 3.05) is 13.3 Å². The molecule has 36 heavy (non-hydrogen) atoms. The van der Waals surface area contributed by atoms with Crippen molar-refractivity contribution in [1.82, 2.24) is 19.9 Å². The molecule has 2 N–H and O–H groups in total. The van der Waals surface area contributed by atoms with Crippen LogP contribution in [0.2, 0.25) is 5.02 Å². The molecule has 0 amide bonds. The fourth-order valence-corrected chi connectivity index (χ4v) is 4.83. The van der Waals surface area contributed by atoms with Crippen molar-refractivity contribution in [2.24, 2.45) is 5.73 Å². The van der Waals surface area contributed by atoms with Gasteiger partial charge in [0.25, 0.3) is 0 Å². The molecule has 0 saturated heterocycles. The molecule has 0 spiro atoms. The number of benzene rings is 1. The summed E-state index contributed by atoms with van der Waals surface area (Å²) in [6, 6.07) is 6.61. The number of halogens is 3. The van der Waals surface area contributed by atoms with Crippen LogP contribution in [0.15, 0.2) is 36.7 Å². The van der Waals surface area contributed by atoms with E-state index in [2.05, 4.69) is 26.0 Å². The van der Waals surface area contributed by atoms with E-state index < -0.39 is 24.8 Å². The van der Waals surface area contributed by atoms with Gasteiger partial charge in [0.05, 0.1) is 33.4 Å². The van der Waals surface area contributed by atoms with Crippen molar-refractivity contribution < 1.29 is 13.3 Å². The number of hydrogen-bond acceptors (Lipinski definition) is 7. The molecule has 7 nitrogen and oxygen atoms in total. The Morgan fingerprint density at radius 1 is 1.17 bits per heavy atom. The maximum atomic E-state index is 15.1. The molecule has 0 aliphatic heterocycles. The fourth-order valence-electron chi connectivity index (χ4n) is 3.89. The highest BCUT2D eigenvalue weighted by molar-refractivity contribution is 7.69. The second-order valence-electron chi connectivity index (χ2n) is 8.79. The summed E-state index contributed by atoms with van der Waals surface area (Å²) in [5.41, 5.74) is 9.39. The standard InChI is InChI=1S/C25H22ClF2N6OP/c1-13-22(26)21(19(30)7-5-14-8-17(27)6-4-15(14)10-29)24-20(33-13)9-18(28)23(34-24)16-11-31-25(32-12-16)36(2,3)35/h4,6,8-9,11-12,19H,5,7,30H2,1-3H3. The van der Waals surface area contributed by atoms with Gasteiger partial charge in [0.1, 0.15) is 18.7 Å². The summed E-state index contributed by atoms with van der Waals surface area (Å²) in [6.07, 6.45) is 3.38. The van der Waals surface area contributed by atoms with Crippen LogP contribution in [0.5, 0.6) is 0 Å². The Labute approximate surface area is 211 Å². The number of fused-ring (bicyclic) bond motifs is 1. The van der Waals surface area contributed by atoms with Gasteiger partial charge in [-0.15, -0.1) is 0 Å². The minimum atomic E-state index is -2.68. The Morgan fingerprint density at radius 2 is 1.86 bits per heavy atom. The van der Waals surface area contributed by atoms with Gasteiger partial charge >= 0.3 is 0 Å². The lowest BCUT2D eigenvalue weighted by Gasteiger charge is -2.18. The monoisotopic (exact) mass is 526 g/mol. The van der Waals surface area contributed by atoms with E-state index in [0.717, 1.165) is 0 Å². The zero-order valence-electron chi connectivity index (χ0n) is 19.8. The molecule has 3 heterocycles. The molecule has 0 aliphatic rings. The molecule has 0 aliphatic carbocycles. The van der Waals surface area contributed by atoms with Gasteiger partial charge in [-0.05, 0) is 56.9 Å². The van der Waals surface area contributed by atoms with E-state index in [1.807, 2.05) is 0 Å². The maximum Gasteiger partial charge on any atom is 0.188 e. The predicted octanol–water partition coefficient (Wildman–Crippen LogP) is 5.08. The van der Waals surface area contributed by atoms with Crippen molar-refractivity contribution in [3.8, 4) is 17.3 Å². The van der Waals surface area contributed by atoms with E-state index in [0.29, 0.717) is 51.3 Å². The first-order valence-corrected chi connectivity index (χ1v) is 14.0. The topological polar surface area (TPSA) is 118 Å². The summed E-state index contributed by atoms with van der Waals surface area (Å²) in [7, 11) is -2.68. The Hall–Kier alpha value is -3.31. The summed E-state index contributed by atoms with van der Waals surface area (Å²) >= 11 is 6.60. The third kappa shape index (κ3) is 5.12. The Morgan fingerprint density at radius 3 is 2.50 bits per heavy atom. The van der Waals surface area contributed by atoms with Crippen molar-refractivity contribution in [2.45, 2.75) is 25.8 Å². The molecular formula is C25H22ClF2N6OP. The molecule has 0 radical (unpaired) electrons. The Kier molecular flexibility index (Phi) is 7.14. The first-order valence-electron chi connectivity index (χ1n) is 11.0. The number of rotatable bonds is 6. The average molecular weight is 527 g/mol. The van der Waals surface area contributed by atoms with Crippen molar-refractivity contribution in [1.29, 1.82) is 5.26 Å². The maximum absolute atomic E-state index is 15.1. The van der Waals surface area contributed by atoms with E-state index in [1.54, 1.807) is 20.3 Å². The van der Waals surface area contributed by atoms with E-state index in [1.165, 1.54) is 36.7 Å². The van der Waals surface area contributed by atoms with E-state index in [-0.39, 0.29) is 16.8 Å². The molecule has 1 aromatic carbocycles. The molecule has 0 saturated carbocycles. The third-order valence-corrected chi connectivity index (χ3v) is 7.40. The molecule has 4 rings (SSSR count). The van der Waals surface area contributed by atoms with Gasteiger partial charge in [0.2, 0.25) is 0 Å². The number of nitrogens with zero attached hydrogens (tertiary/aromatic N) is 5. The molecule has 11 heteroatoms. The SMILES string of the molecule is Cc1nc2cc(F)c(-c3cnc(P(C)(C)=O)nc3)nc2c(C(N)CCc2cc(F)ccc2C#N)c1Cl. The number of nitriles is 1. The number of pyridine rings is 2. The van der Waals surface area contributed by atoms with Gasteiger partial charge in [-0.3, -0.25) is 0 Å². The van der Waals surface area contributed by atoms with Gasteiger partial charge in [-0.25, -0.2) is 28.7 Å². The van der Waals surface area contributed by atoms with Gasteiger partial charge in [0, 0.05) is 35.6 Å². The van der Waals surface area contributed by atoms with Crippen LogP contribution in [-0.4, -0.2) is 33.3 Å². The normalized spacial score (nSPS) is 12.5. The fraction of sp³-hybridized carbons (Fsp3) is 0.240. The Bertz CT molecular complexity index is 1570. The van der Waals surface area contributed by atoms with Crippen LogP contribution < -0.4 is 11.3 Å². The van der Waals surface area contributed by atoms with Crippen LogP contribution in [0.4, 0.5) is 8.78 Å². The van der Waals surface area contributed by atoms with Gasteiger partial charge in [0.15, 0.2) is 11.4 Å². The smallest absolute Gasteiger partial charge is 0.188 e. The van der Waals surface area contributed by atoms with Crippen LogP contribution in [-0.2, 0) is 11.0 Å². The molecule has 1 unspecified atom stereocenters. The highest BCUT2D eigenvalue weighted by Gasteiger charge is 2.22. The second kappa shape index (κ2) is 9.98. The Balaban J connectivity index is 1.77. The van der Waals surface area contributed by atoms with Crippen LogP contribution in [0, 0.1) is 29.9 Å². The minimum absolute atomic E-state index is 0.0249. The molecule has 1 atom stereocenters. The van der Waals surface area contributed by atoms with Crippen molar-refractivity contribution in [3.05, 3.63) is 75.7 Å². The number of aromatic nitrogens is 4. The highest BCUT2D eigenvalue weighted by atomic mass is 35.5. The molecule has 4 aromatic rings. The molecule has 184 valence electrons. The lowest BCUT2D eigenvalue weighted by Crippen LogP contribution is -2.15. The number of aryl methyl sites for hydroxylation is 2. The zero-order valence-corrected chi connectivity index (χ0v) is 21.4. The van der Waals surface area contributed by atoms with Crippen LogP contribution in [0.1, 0.15) is 34.8 Å². The van der Waals surface area contributed by atoms with Gasteiger partial charge < -0.3 is 10.3 Å². The van der Waals surface area contributed by atoms with Crippen LogP contribution in [0.25, 0.3) is 22.3 Å². The quantitative estimate of drug-likeness (QED) is 0.348. The van der Waals surface area contributed by atoms with Gasteiger partial charge in [-0.1, -0.05) is 11.6 Å². The lowest BCUT2D eigenvalue weighted by molar-refractivity contribution is 0.587. The highest BCUT2D eigenvalue weighted by Crippen LogP contribution is 2.35. The number of nitrogens with two attached hydrogens (primary N) is 1. The number of hydrogen-bond donors (Lipinski definition) is 1. The van der Waals surface area contributed by atoms with Crippen molar-refractivity contribution in [3.63, 3.8) is 0 Å². The zero-order chi connectivity index (χ0) is 26.2. The van der Waals surface area contributed by atoms with Crippen LogP contribution >= 0.6 is 18.7 Å². The first kappa shape index (κ1) is 25.8.